The molecule has 72 valence electrons. The second kappa shape index (κ2) is 3.80. The van der Waals surface area contributed by atoms with E-state index in [2.05, 4.69) is 10.1 Å². The quantitative estimate of drug-likeness (QED) is 0.707. The van der Waals surface area contributed by atoms with E-state index in [0.717, 1.165) is 16.8 Å². The number of hydrogen-bond acceptors (Lipinski definition) is 2. The molecule has 0 unspecified atom stereocenters. The van der Waals surface area contributed by atoms with E-state index in [0.29, 0.717) is 5.88 Å². The van der Waals surface area contributed by atoms with Crippen LogP contribution in [0.5, 0.6) is 0 Å². The molecule has 14 heavy (non-hydrogen) atoms. The van der Waals surface area contributed by atoms with Crippen molar-refractivity contribution in [3.63, 3.8) is 0 Å². The van der Waals surface area contributed by atoms with Gasteiger partial charge in [0.15, 0.2) is 0 Å². The predicted molar refractivity (Wildman–Crippen MR) is 56.0 cm³/mol. The van der Waals surface area contributed by atoms with E-state index in [4.69, 9.17) is 11.6 Å². The van der Waals surface area contributed by atoms with Crippen LogP contribution in [0.15, 0.2) is 30.7 Å². The van der Waals surface area contributed by atoms with E-state index >= 15 is 0 Å². The maximum atomic E-state index is 5.74. The highest BCUT2D eigenvalue weighted by atomic mass is 35.5. The average Bonchev–Trinajstić information content (AvgIpc) is 2.65. The molecule has 0 aliphatic rings. The maximum Gasteiger partial charge on any atom is 0.0736 e. The number of hydrogen-bond donors (Lipinski definition) is 0. The SMILES string of the molecule is Cn1cc(-c2cc(CCl)ccn2)cn1. The van der Waals surface area contributed by atoms with Gasteiger partial charge in [-0.1, -0.05) is 0 Å². The Hall–Kier alpha value is -1.35. The number of rotatable bonds is 2. The summed E-state index contributed by atoms with van der Waals surface area (Å²) in [6.45, 7) is 0. The highest BCUT2D eigenvalue weighted by molar-refractivity contribution is 6.17. The zero-order chi connectivity index (χ0) is 9.97. The van der Waals surface area contributed by atoms with E-state index in [1.165, 1.54) is 0 Å². The van der Waals surface area contributed by atoms with Gasteiger partial charge < -0.3 is 0 Å². The van der Waals surface area contributed by atoms with Crippen LogP contribution in [0.4, 0.5) is 0 Å². The zero-order valence-corrected chi connectivity index (χ0v) is 8.57. The molecular weight excluding hydrogens is 198 g/mol. The number of aromatic nitrogens is 3. The monoisotopic (exact) mass is 207 g/mol. The minimum atomic E-state index is 0.510. The van der Waals surface area contributed by atoms with Crippen LogP contribution in [-0.4, -0.2) is 14.8 Å². The summed E-state index contributed by atoms with van der Waals surface area (Å²) >= 11 is 5.74. The molecule has 2 rings (SSSR count). The van der Waals surface area contributed by atoms with Crippen molar-refractivity contribution >= 4 is 11.6 Å². The molecule has 2 aromatic heterocycles. The first-order chi connectivity index (χ1) is 6.79. The van der Waals surface area contributed by atoms with Crippen LogP contribution < -0.4 is 0 Å². The summed E-state index contributed by atoms with van der Waals surface area (Å²) < 4.78 is 1.75. The summed E-state index contributed by atoms with van der Waals surface area (Å²) in [4.78, 5) is 4.26. The van der Waals surface area contributed by atoms with Crippen molar-refractivity contribution in [2.75, 3.05) is 0 Å². The van der Waals surface area contributed by atoms with Gasteiger partial charge in [0.2, 0.25) is 0 Å². The van der Waals surface area contributed by atoms with Crippen LogP contribution in [-0.2, 0) is 12.9 Å². The van der Waals surface area contributed by atoms with Crippen molar-refractivity contribution in [1.82, 2.24) is 14.8 Å². The van der Waals surface area contributed by atoms with E-state index in [1.54, 1.807) is 17.1 Å². The van der Waals surface area contributed by atoms with Crippen LogP contribution in [0.3, 0.4) is 0 Å². The van der Waals surface area contributed by atoms with Gasteiger partial charge in [-0.15, -0.1) is 11.6 Å². The van der Waals surface area contributed by atoms with Crippen LogP contribution in [0.2, 0.25) is 0 Å². The summed E-state index contributed by atoms with van der Waals surface area (Å²) in [7, 11) is 1.88. The molecule has 0 bridgehead atoms. The van der Waals surface area contributed by atoms with Gasteiger partial charge in [-0.25, -0.2) is 0 Å². The van der Waals surface area contributed by atoms with E-state index in [9.17, 15) is 0 Å². The summed E-state index contributed by atoms with van der Waals surface area (Å²) in [5.74, 6) is 0.510. The van der Waals surface area contributed by atoms with Gasteiger partial charge in [0.25, 0.3) is 0 Å². The lowest BCUT2D eigenvalue weighted by molar-refractivity contribution is 0.768. The minimum absolute atomic E-state index is 0.510. The molecule has 4 heteroatoms. The lowest BCUT2D eigenvalue weighted by Gasteiger charge is -1.98. The van der Waals surface area contributed by atoms with Crippen molar-refractivity contribution < 1.29 is 0 Å². The average molecular weight is 208 g/mol. The Morgan fingerprint density at radius 1 is 1.50 bits per heavy atom. The largest absolute Gasteiger partial charge is 0.275 e. The Kier molecular flexibility index (Phi) is 2.50. The van der Waals surface area contributed by atoms with Crippen LogP contribution in [0.1, 0.15) is 5.56 Å². The van der Waals surface area contributed by atoms with Crippen LogP contribution >= 0.6 is 11.6 Å². The molecule has 0 amide bonds. The molecule has 0 saturated carbocycles. The first-order valence-electron chi connectivity index (χ1n) is 4.29. The van der Waals surface area contributed by atoms with Crippen molar-refractivity contribution in [1.29, 1.82) is 0 Å². The maximum absolute atomic E-state index is 5.74. The van der Waals surface area contributed by atoms with Gasteiger partial charge in [-0.05, 0) is 17.7 Å². The third kappa shape index (κ3) is 1.77. The van der Waals surface area contributed by atoms with E-state index in [1.807, 2.05) is 25.4 Å². The standard InChI is InChI=1S/C10H10ClN3/c1-14-7-9(6-13-14)10-4-8(5-11)2-3-12-10/h2-4,6-7H,5H2,1H3. The van der Waals surface area contributed by atoms with Gasteiger partial charge in [0, 0.05) is 30.9 Å². The molecule has 0 saturated heterocycles. The van der Waals surface area contributed by atoms with Gasteiger partial charge in [0.1, 0.15) is 0 Å². The lowest BCUT2D eigenvalue weighted by atomic mass is 10.2. The number of aryl methyl sites for hydroxylation is 1. The second-order valence-corrected chi connectivity index (χ2v) is 3.35. The van der Waals surface area contributed by atoms with Crippen molar-refractivity contribution in [2.24, 2.45) is 7.05 Å². The van der Waals surface area contributed by atoms with Gasteiger partial charge in [-0.3, -0.25) is 9.67 Å². The molecule has 0 radical (unpaired) electrons. The number of pyridine rings is 1. The summed E-state index contributed by atoms with van der Waals surface area (Å²) in [6, 6.07) is 3.89. The van der Waals surface area contributed by atoms with Gasteiger partial charge in [0.05, 0.1) is 11.9 Å². The summed E-state index contributed by atoms with van der Waals surface area (Å²) in [5, 5.41) is 4.09. The van der Waals surface area contributed by atoms with Crippen LogP contribution in [0.25, 0.3) is 11.3 Å². The predicted octanol–water partition coefficient (Wildman–Crippen LogP) is 2.22. The fourth-order valence-electron chi connectivity index (χ4n) is 1.27. The molecule has 0 atom stereocenters. The molecule has 0 aliphatic carbocycles. The second-order valence-electron chi connectivity index (χ2n) is 3.09. The van der Waals surface area contributed by atoms with E-state index < -0.39 is 0 Å². The lowest BCUT2D eigenvalue weighted by Crippen LogP contribution is -1.86. The number of nitrogens with zero attached hydrogens (tertiary/aromatic N) is 3. The molecule has 3 nitrogen and oxygen atoms in total. The first kappa shape index (κ1) is 9.21. The highest BCUT2D eigenvalue weighted by Gasteiger charge is 2.02. The Morgan fingerprint density at radius 3 is 3.00 bits per heavy atom. The Bertz CT molecular complexity index is 436. The molecule has 0 aromatic carbocycles. The van der Waals surface area contributed by atoms with E-state index in [-0.39, 0.29) is 0 Å². The number of halogens is 1. The molecule has 0 aliphatic heterocycles. The Labute approximate surface area is 87.3 Å². The molecule has 2 aromatic rings. The molecule has 0 N–H and O–H groups in total. The van der Waals surface area contributed by atoms with Gasteiger partial charge in [-0.2, -0.15) is 5.10 Å². The summed E-state index contributed by atoms with van der Waals surface area (Å²) in [6.07, 6.45) is 5.49. The summed E-state index contributed by atoms with van der Waals surface area (Å²) in [5.41, 5.74) is 3.00. The minimum Gasteiger partial charge on any atom is -0.275 e. The zero-order valence-electron chi connectivity index (χ0n) is 7.81. The highest BCUT2D eigenvalue weighted by Crippen LogP contribution is 2.17. The van der Waals surface area contributed by atoms with Crippen molar-refractivity contribution in [3.8, 4) is 11.3 Å². The Balaban J connectivity index is 2.41. The third-order valence-corrected chi connectivity index (χ3v) is 2.29. The first-order valence-corrected chi connectivity index (χ1v) is 4.83. The topological polar surface area (TPSA) is 30.7 Å². The Morgan fingerprint density at radius 2 is 2.36 bits per heavy atom. The molecule has 0 fully saturated rings. The van der Waals surface area contributed by atoms with Crippen LogP contribution in [0, 0.1) is 0 Å². The van der Waals surface area contributed by atoms with Crippen molar-refractivity contribution in [3.05, 3.63) is 36.3 Å². The molecule has 0 spiro atoms. The fourth-order valence-corrected chi connectivity index (χ4v) is 1.44. The third-order valence-electron chi connectivity index (χ3n) is 1.98. The smallest absolute Gasteiger partial charge is 0.0736 e. The molecular formula is C10H10ClN3. The van der Waals surface area contributed by atoms with Gasteiger partial charge >= 0.3 is 0 Å². The number of alkyl halides is 1. The fraction of sp³-hybridized carbons (Fsp3) is 0.200. The normalized spacial score (nSPS) is 10.4. The molecule has 2 heterocycles. The van der Waals surface area contributed by atoms with Crippen molar-refractivity contribution in [2.45, 2.75) is 5.88 Å².